The number of rotatable bonds is 12. The van der Waals surface area contributed by atoms with Crippen molar-refractivity contribution in [3.63, 3.8) is 0 Å². The molecule has 1 saturated heterocycles. The van der Waals surface area contributed by atoms with Crippen LogP contribution in [0.4, 0.5) is 4.79 Å². The highest BCUT2D eigenvalue weighted by Gasteiger charge is 2.36. The number of aromatic carboxylic acids is 1. The highest BCUT2D eigenvalue weighted by Crippen LogP contribution is 2.36. The summed E-state index contributed by atoms with van der Waals surface area (Å²) in [5.41, 5.74) is 1.78. The smallest absolute Gasteiger partial charge is 0.335 e. The van der Waals surface area contributed by atoms with E-state index in [1.54, 1.807) is 42.5 Å². The number of nitrogens with one attached hydrogen (secondary N) is 1. The summed E-state index contributed by atoms with van der Waals surface area (Å²) in [7, 11) is 2.96. The van der Waals surface area contributed by atoms with Crippen LogP contribution in [0, 0.1) is 3.57 Å². The van der Waals surface area contributed by atoms with E-state index in [0.29, 0.717) is 44.3 Å². The topological polar surface area (TPSA) is 141 Å². The number of carboxylic acid groups (broad SMARTS) is 1. The van der Waals surface area contributed by atoms with Gasteiger partial charge >= 0.3 is 12.0 Å². The van der Waals surface area contributed by atoms with Crippen molar-refractivity contribution in [1.29, 1.82) is 0 Å². The predicted molar refractivity (Wildman–Crippen MR) is 164 cm³/mol. The zero-order valence-electron chi connectivity index (χ0n) is 23.6. The van der Waals surface area contributed by atoms with Gasteiger partial charge in [-0.1, -0.05) is 25.1 Å². The third kappa shape index (κ3) is 7.44. The summed E-state index contributed by atoms with van der Waals surface area (Å²) in [6.45, 7) is 2.56. The third-order valence-electron chi connectivity index (χ3n) is 6.36. The summed E-state index contributed by atoms with van der Waals surface area (Å²) >= 11 is 2.05. The summed E-state index contributed by atoms with van der Waals surface area (Å²) in [5, 5.41) is 11.3. The van der Waals surface area contributed by atoms with Gasteiger partial charge in [0, 0.05) is 0 Å². The molecule has 3 aromatic carbocycles. The number of imide groups is 2. The second kappa shape index (κ2) is 14.1. The van der Waals surface area contributed by atoms with E-state index in [4.69, 9.17) is 24.1 Å². The zero-order chi connectivity index (χ0) is 31.1. The Morgan fingerprint density at radius 3 is 2.28 bits per heavy atom. The van der Waals surface area contributed by atoms with Gasteiger partial charge in [0.2, 0.25) is 0 Å². The molecular weight excluding hydrogens is 671 g/mol. The van der Waals surface area contributed by atoms with Crippen LogP contribution in [0.25, 0.3) is 6.08 Å². The van der Waals surface area contributed by atoms with Gasteiger partial charge in [0.15, 0.2) is 23.0 Å². The lowest BCUT2D eigenvalue weighted by molar-refractivity contribution is -0.130. The molecule has 0 aliphatic carbocycles. The minimum Gasteiger partial charge on any atom is -0.493 e. The molecule has 43 heavy (non-hydrogen) atoms. The van der Waals surface area contributed by atoms with E-state index in [1.165, 1.54) is 32.4 Å². The van der Waals surface area contributed by atoms with E-state index < -0.39 is 23.8 Å². The van der Waals surface area contributed by atoms with Crippen LogP contribution in [-0.2, 0) is 22.7 Å². The molecule has 11 nitrogen and oxygen atoms in total. The molecule has 1 aliphatic heterocycles. The zero-order valence-corrected chi connectivity index (χ0v) is 25.8. The molecule has 1 heterocycles. The molecule has 0 radical (unpaired) electrons. The Labute approximate surface area is 261 Å². The summed E-state index contributed by atoms with van der Waals surface area (Å²) in [6, 6.07) is 13.9. The molecule has 0 aromatic heterocycles. The fourth-order valence-corrected chi connectivity index (χ4v) is 4.97. The Morgan fingerprint density at radius 2 is 1.63 bits per heavy atom. The fourth-order valence-electron chi connectivity index (χ4n) is 4.19. The first-order valence-corrected chi connectivity index (χ1v) is 14.2. The van der Waals surface area contributed by atoms with E-state index in [9.17, 15) is 19.2 Å². The molecule has 224 valence electrons. The second-order valence-electron chi connectivity index (χ2n) is 9.37. The van der Waals surface area contributed by atoms with Crippen molar-refractivity contribution in [3.05, 3.63) is 86.0 Å². The Bertz CT molecular complexity index is 1580. The Kier molecular flexibility index (Phi) is 10.2. The number of carbonyl (C=O) groups is 4. The highest BCUT2D eigenvalue weighted by molar-refractivity contribution is 14.1. The minimum atomic E-state index is -1.02. The predicted octanol–water partition coefficient (Wildman–Crippen LogP) is 5.04. The number of nitrogens with zero attached hydrogens (tertiary/aromatic N) is 1. The van der Waals surface area contributed by atoms with Gasteiger partial charge in [-0.05, 0) is 88.2 Å². The molecule has 1 fully saturated rings. The maximum absolute atomic E-state index is 13.4. The minimum absolute atomic E-state index is 0.0964. The summed E-state index contributed by atoms with van der Waals surface area (Å²) in [4.78, 5) is 50.8. The molecule has 4 rings (SSSR count). The summed E-state index contributed by atoms with van der Waals surface area (Å²) in [5.74, 6) is -0.782. The number of ether oxygens (including phenoxy) is 4. The van der Waals surface area contributed by atoms with Crippen molar-refractivity contribution >= 4 is 52.5 Å². The number of hydrogen-bond donors (Lipinski definition) is 2. The Hall–Kier alpha value is -4.59. The number of urea groups is 1. The highest BCUT2D eigenvalue weighted by atomic mass is 127. The molecule has 0 spiro atoms. The van der Waals surface area contributed by atoms with Crippen molar-refractivity contribution < 1.29 is 43.2 Å². The average Bonchev–Trinajstić information content (AvgIpc) is 2.99. The van der Waals surface area contributed by atoms with Crippen LogP contribution in [0.2, 0.25) is 0 Å². The van der Waals surface area contributed by atoms with Crippen LogP contribution in [0.3, 0.4) is 0 Å². The second-order valence-corrected chi connectivity index (χ2v) is 10.5. The molecule has 4 amide bonds. The molecule has 0 unspecified atom stereocenters. The number of carboxylic acids is 1. The number of methoxy groups -OCH3 is 2. The quantitative estimate of drug-likeness (QED) is 0.151. The van der Waals surface area contributed by atoms with Crippen LogP contribution < -0.4 is 24.3 Å². The lowest BCUT2D eigenvalue weighted by atomic mass is 10.1. The monoisotopic (exact) mass is 700 g/mol. The first kappa shape index (κ1) is 31.3. The molecule has 0 atom stereocenters. The van der Waals surface area contributed by atoms with Crippen LogP contribution in [0.1, 0.15) is 40.4 Å². The van der Waals surface area contributed by atoms with Crippen LogP contribution in [-0.4, -0.2) is 54.6 Å². The summed E-state index contributed by atoms with van der Waals surface area (Å²) < 4.78 is 23.2. The lowest BCUT2D eigenvalue weighted by Crippen LogP contribution is -2.53. The van der Waals surface area contributed by atoms with Crippen molar-refractivity contribution in [1.82, 2.24) is 10.2 Å². The first-order valence-electron chi connectivity index (χ1n) is 13.2. The third-order valence-corrected chi connectivity index (χ3v) is 7.16. The van der Waals surface area contributed by atoms with Crippen LogP contribution >= 0.6 is 22.6 Å². The van der Waals surface area contributed by atoms with Gasteiger partial charge in [0.1, 0.15) is 12.2 Å². The number of carbonyl (C=O) groups excluding carboxylic acids is 3. The van der Waals surface area contributed by atoms with Crippen molar-refractivity contribution in [2.75, 3.05) is 20.8 Å². The molecule has 3 aromatic rings. The Balaban J connectivity index is 1.55. The molecular formula is C31H29IN2O9. The number of barbiturate groups is 1. The van der Waals surface area contributed by atoms with E-state index in [1.807, 2.05) is 6.92 Å². The number of amides is 4. The molecule has 0 bridgehead atoms. The van der Waals surface area contributed by atoms with E-state index in [-0.39, 0.29) is 24.3 Å². The van der Waals surface area contributed by atoms with E-state index >= 15 is 0 Å². The fraction of sp³-hybridized carbons (Fsp3) is 0.226. The van der Waals surface area contributed by atoms with Gasteiger partial charge in [-0.2, -0.15) is 0 Å². The maximum Gasteiger partial charge on any atom is 0.335 e. The number of benzene rings is 3. The van der Waals surface area contributed by atoms with Crippen LogP contribution in [0.5, 0.6) is 23.0 Å². The van der Waals surface area contributed by atoms with Gasteiger partial charge in [-0.15, -0.1) is 0 Å². The Morgan fingerprint density at radius 1 is 0.930 bits per heavy atom. The van der Waals surface area contributed by atoms with Crippen LogP contribution in [0.15, 0.2) is 60.2 Å². The largest absolute Gasteiger partial charge is 0.493 e. The van der Waals surface area contributed by atoms with Gasteiger partial charge in [0.25, 0.3) is 11.8 Å². The SMILES string of the molecule is CCCOc1ccc(CN2C(=O)NC(=O)/C(=C\c3cc(I)c(OCc4ccc(C(=O)O)cc4)c(OC)c3)C2=O)cc1OC. The first-order chi connectivity index (χ1) is 20.6. The van der Waals surface area contributed by atoms with Crippen molar-refractivity contribution in [2.45, 2.75) is 26.5 Å². The standard InChI is InChI=1S/C31H29IN2O9/c1-4-11-42-24-10-7-19(14-25(24)40-2)16-34-29(36)22(28(35)33-31(34)39)12-20-13-23(32)27(26(15-20)41-3)43-17-18-5-8-21(9-6-18)30(37)38/h5-10,12-15H,4,11,16-17H2,1-3H3,(H,37,38)(H,33,35,39)/b22-12+. The molecule has 2 N–H and O–H groups in total. The number of halogens is 1. The van der Waals surface area contributed by atoms with E-state index in [0.717, 1.165) is 16.9 Å². The van der Waals surface area contributed by atoms with Crippen molar-refractivity contribution in [3.8, 4) is 23.0 Å². The molecule has 12 heteroatoms. The average molecular weight is 700 g/mol. The van der Waals surface area contributed by atoms with Gasteiger partial charge in [-0.25, -0.2) is 9.59 Å². The van der Waals surface area contributed by atoms with Gasteiger partial charge < -0.3 is 24.1 Å². The van der Waals surface area contributed by atoms with Gasteiger partial charge in [0.05, 0.1) is 36.5 Å². The van der Waals surface area contributed by atoms with Crippen molar-refractivity contribution in [2.24, 2.45) is 0 Å². The number of hydrogen-bond acceptors (Lipinski definition) is 8. The van der Waals surface area contributed by atoms with Gasteiger partial charge in [-0.3, -0.25) is 19.8 Å². The molecule has 1 aliphatic rings. The molecule has 0 saturated carbocycles. The normalized spacial score (nSPS) is 14.0. The van der Waals surface area contributed by atoms with E-state index in [2.05, 4.69) is 27.9 Å². The lowest BCUT2D eigenvalue weighted by Gasteiger charge is -2.26. The summed E-state index contributed by atoms with van der Waals surface area (Å²) in [6.07, 6.45) is 2.21. The maximum atomic E-state index is 13.4.